The highest BCUT2D eigenvalue weighted by Gasteiger charge is 2.21. The summed E-state index contributed by atoms with van der Waals surface area (Å²) < 4.78 is 0. The molecule has 1 aliphatic rings. The highest BCUT2D eigenvalue weighted by Crippen LogP contribution is 2.17. The summed E-state index contributed by atoms with van der Waals surface area (Å²) in [6.07, 6.45) is 7.72. The third-order valence-electron chi connectivity index (χ3n) is 3.63. The lowest BCUT2D eigenvalue weighted by Gasteiger charge is -2.21. The maximum atomic E-state index is 12.0. The maximum absolute atomic E-state index is 12.0. The number of carbonyl (C=O) groups is 1. The quantitative estimate of drug-likeness (QED) is 0.841. The van der Waals surface area contributed by atoms with Crippen LogP contribution in [0.25, 0.3) is 6.08 Å². The van der Waals surface area contributed by atoms with Gasteiger partial charge in [-0.2, -0.15) is 0 Å². The zero-order chi connectivity index (χ0) is 16.7. The lowest BCUT2D eigenvalue weighted by Crippen LogP contribution is -2.38. The molecule has 0 fully saturated rings. The molecular formula is C18H22ClN3O. The fourth-order valence-electron chi connectivity index (χ4n) is 2.52. The first-order chi connectivity index (χ1) is 11.2. The topological polar surface area (TPSA) is 57.8 Å². The molecule has 4 nitrogen and oxygen atoms in total. The second-order valence-corrected chi connectivity index (χ2v) is 5.60. The first-order valence-electron chi connectivity index (χ1n) is 7.96. The van der Waals surface area contributed by atoms with Gasteiger partial charge in [0.25, 0.3) is 0 Å². The molecule has 1 aromatic carbocycles. The molecule has 1 heterocycles. The van der Waals surface area contributed by atoms with Gasteiger partial charge in [-0.25, -0.2) is 4.98 Å². The molecular weight excluding hydrogens is 310 g/mol. The molecule has 0 radical (unpaired) electrons. The van der Waals surface area contributed by atoms with E-state index in [0.29, 0.717) is 5.02 Å². The number of rotatable bonds is 3. The molecule has 1 amide bonds. The predicted octanol–water partition coefficient (Wildman–Crippen LogP) is 3.78. The average Bonchev–Trinajstić information content (AvgIpc) is 3.04. The summed E-state index contributed by atoms with van der Waals surface area (Å²) >= 11 is 5.82. The van der Waals surface area contributed by atoms with Crippen molar-refractivity contribution >= 4 is 23.6 Å². The molecule has 0 saturated carbocycles. The number of aromatic amines is 1. The van der Waals surface area contributed by atoms with Crippen LogP contribution in [-0.4, -0.2) is 21.9 Å². The normalized spacial score (nSPS) is 16.4. The minimum atomic E-state index is -0.0714. The summed E-state index contributed by atoms with van der Waals surface area (Å²) in [5.41, 5.74) is 3.21. The van der Waals surface area contributed by atoms with Crippen molar-refractivity contribution in [2.24, 2.45) is 0 Å². The predicted molar refractivity (Wildman–Crippen MR) is 94.4 cm³/mol. The molecule has 1 atom stereocenters. The first kappa shape index (κ1) is 17.3. The Bertz CT molecular complexity index is 661. The SMILES string of the molecule is CC.O=C(/C=C/c1ccc(Cl)cc1)NC1CCc2nc[nH]c2C1. The number of amides is 1. The number of aromatic nitrogens is 2. The molecule has 0 bridgehead atoms. The molecule has 3 rings (SSSR count). The van der Waals surface area contributed by atoms with E-state index in [1.54, 1.807) is 30.6 Å². The molecule has 1 unspecified atom stereocenters. The summed E-state index contributed by atoms with van der Waals surface area (Å²) in [6.45, 7) is 4.00. The lowest BCUT2D eigenvalue weighted by molar-refractivity contribution is -0.117. The van der Waals surface area contributed by atoms with Crippen LogP contribution in [0.3, 0.4) is 0 Å². The molecule has 2 aromatic rings. The number of carbonyl (C=O) groups excluding carboxylic acids is 1. The zero-order valence-corrected chi connectivity index (χ0v) is 14.2. The third kappa shape index (κ3) is 4.96. The number of halogens is 1. The summed E-state index contributed by atoms with van der Waals surface area (Å²) in [5, 5.41) is 3.72. The highest BCUT2D eigenvalue weighted by atomic mass is 35.5. The molecule has 122 valence electrons. The Kier molecular flexibility index (Phi) is 6.41. The summed E-state index contributed by atoms with van der Waals surface area (Å²) in [5.74, 6) is -0.0714. The van der Waals surface area contributed by atoms with E-state index in [0.717, 1.165) is 36.2 Å². The molecule has 2 N–H and O–H groups in total. The summed E-state index contributed by atoms with van der Waals surface area (Å²) in [4.78, 5) is 19.3. The van der Waals surface area contributed by atoms with Crippen molar-refractivity contribution in [3.05, 3.63) is 58.6 Å². The van der Waals surface area contributed by atoms with Crippen LogP contribution in [0.4, 0.5) is 0 Å². The van der Waals surface area contributed by atoms with E-state index in [-0.39, 0.29) is 11.9 Å². The van der Waals surface area contributed by atoms with Crippen molar-refractivity contribution in [1.82, 2.24) is 15.3 Å². The van der Waals surface area contributed by atoms with Crippen molar-refractivity contribution in [1.29, 1.82) is 0 Å². The van der Waals surface area contributed by atoms with Crippen LogP contribution in [0, 0.1) is 0 Å². The van der Waals surface area contributed by atoms with Crippen molar-refractivity contribution in [3.63, 3.8) is 0 Å². The van der Waals surface area contributed by atoms with Gasteiger partial charge in [0.1, 0.15) is 0 Å². The number of hydrogen-bond donors (Lipinski definition) is 2. The Morgan fingerprint density at radius 1 is 1.35 bits per heavy atom. The molecule has 1 aliphatic carbocycles. The number of imidazole rings is 1. The van der Waals surface area contributed by atoms with Crippen molar-refractivity contribution in [3.8, 4) is 0 Å². The number of aryl methyl sites for hydroxylation is 1. The van der Waals surface area contributed by atoms with Gasteiger partial charge in [0, 0.05) is 29.3 Å². The Labute approximate surface area is 142 Å². The minimum absolute atomic E-state index is 0.0714. The largest absolute Gasteiger partial charge is 0.349 e. The standard InChI is InChI=1S/C16H16ClN3O.C2H6/c17-12-4-1-11(2-5-12)3-8-16(21)20-13-6-7-14-15(9-13)19-10-18-14;1-2/h1-5,8,10,13H,6-7,9H2,(H,18,19)(H,20,21);1-2H3/b8-3+;. The number of hydrogen-bond acceptors (Lipinski definition) is 2. The highest BCUT2D eigenvalue weighted by molar-refractivity contribution is 6.30. The fourth-order valence-corrected chi connectivity index (χ4v) is 2.65. The zero-order valence-electron chi connectivity index (χ0n) is 13.5. The van der Waals surface area contributed by atoms with Gasteiger partial charge in [-0.1, -0.05) is 37.6 Å². The van der Waals surface area contributed by atoms with Gasteiger partial charge in [-0.05, 0) is 36.6 Å². The van der Waals surface area contributed by atoms with Crippen LogP contribution in [0.15, 0.2) is 36.7 Å². The van der Waals surface area contributed by atoms with E-state index in [9.17, 15) is 4.79 Å². The first-order valence-corrected chi connectivity index (χ1v) is 8.34. The monoisotopic (exact) mass is 331 g/mol. The summed E-state index contributed by atoms with van der Waals surface area (Å²) in [7, 11) is 0. The van der Waals surface area contributed by atoms with Crippen LogP contribution >= 0.6 is 11.6 Å². The van der Waals surface area contributed by atoms with Gasteiger partial charge in [0.05, 0.1) is 12.0 Å². The van der Waals surface area contributed by atoms with Crippen LogP contribution in [0.2, 0.25) is 5.02 Å². The Hall–Kier alpha value is -2.07. The van der Waals surface area contributed by atoms with Gasteiger partial charge in [-0.15, -0.1) is 0 Å². The second-order valence-electron chi connectivity index (χ2n) is 5.16. The fraction of sp³-hybridized carbons (Fsp3) is 0.333. The Morgan fingerprint density at radius 3 is 2.83 bits per heavy atom. The van der Waals surface area contributed by atoms with Gasteiger partial charge in [-0.3, -0.25) is 4.79 Å². The van der Waals surface area contributed by atoms with E-state index in [1.807, 2.05) is 26.0 Å². The number of H-pyrrole nitrogens is 1. The van der Waals surface area contributed by atoms with Crippen LogP contribution in [0.5, 0.6) is 0 Å². The van der Waals surface area contributed by atoms with E-state index >= 15 is 0 Å². The van der Waals surface area contributed by atoms with Crippen molar-refractivity contribution < 1.29 is 4.79 Å². The van der Waals surface area contributed by atoms with Gasteiger partial charge in [0.15, 0.2) is 0 Å². The molecule has 5 heteroatoms. The van der Waals surface area contributed by atoms with Gasteiger partial charge >= 0.3 is 0 Å². The minimum Gasteiger partial charge on any atom is -0.349 e. The number of nitrogens with one attached hydrogen (secondary N) is 2. The Morgan fingerprint density at radius 2 is 2.09 bits per heavy atom. The maximum Gasteiger partial charge on any atom is 0.244 e. The molecule has 0 aliphatic heterocycles. The lowest BCUT2D eigenvalue weighted by atomic mass is 9.96. The van der Waals surface area contributed by atoms with E-state index in [1.165, 1.54) is 0 Å². The average molecular weight is 332 g/mol. The molecule has 1 aromatic heterocycles. The molecule has 23 heavy (non-hydrogen) atoms. The van der Waals surface area contributed by atoms with E-state index < -0.39 is 0 Å². The van der Waals surface area contributed by atoms with Gasteiger partial charge < -0.3 is 10.3 Å². The second kappa shape index (κ2) is 8.53. The van der Waals surface area contributed by atoms with Crippen molar-refractivity contribution in [2.75, 3.05) is 0 Å². The van der Waals surface area contributed by atoms with Gasteiger partial charge in [0.2, 0.25) is 5.91 Å². The van der Waals surface area contributed by atoms with E-state index in [2.05, 4.69) is 15.3 Å². The summed E-state index contributed by atoms with van der Waals surface area (Å²) in [6, 6.07) is 7.54. The van der Waals surface area contributed by atoms with E-state index in [4.69, 9.17) is 11.6 Å². The van der Waals surface area contributed by atoms with Crippen LogP contribution in [-0.2, 0) is 17.6 Å². The smallest absolute Gasteiger partial charge is 0.244 e. The van der Waals surface area contributed by atoms with Crippen LogP contribution < -0.4 is 5.32 Å². The van der Waals surface area contributed by atoms with Crippen molar-refractivity contribution in [2.45, 2.75) is 39.2 Å². The Balaban J connectivity index is 0.000000924. The molecule has 0 spiro atoms. The number of fused-ring (bicyclic) bond motifs is 1. The molecule has 0 saturated heterocycles. The third-order valence-corrected chi connectivity index (χ3v) is 3.88. The number of nitrogens with zero attached hydrogens (tertiary/aromatic N) is 1. The number of benzene rings is 1. The van der Waals surface area contributed by atoms with Crippen LogP contribution in [0.1, 0.15) is 37.2 Å².